The zero-order valence-corrected chi connectivity index (χ0v) is 15.9. The van der Waals surface area contributed by atoms with Gasteiger partial charge in [0.05, 0.1) is 10.5 Å². The van der Waals surface area contributed by atoms with Crippen LogP contribution >= 0.6 is 0 Å². The molecule has 0 saturated heterocycles. The molecule has 1 N–H and O–H groups in total. The summed E-state index contributed by atoms with van der Waals surface area (Å²) < 4.78 is 1.11. The highest BCUT2D eigenvalue weighted by atomic mass is 16.6. The van der Waals surface area contributed by atoms with Gasteiger partial charge in [0.15, 0.2) is 0 Å². The van der Waals surface area contributed by atoms with Crippen molar-refractivity contribution in [2.24, 2.45) is 4.99 Å². The predicted molar refractivity (Wildman–Crippen MR) is 114 cm³/mol. The first-order chi connectivity index (χ1) is 14.5. The molecule has 0 saturated carbocycles. The minimum Gasteiger partial charge on any atom is -0.494 e. The molecule has 0 unspecified atom stereocenters. The lowest BCUT2D eigenvalue weighted by Gasteiger charge is -2.13. The molecule has 0 atom stereocenters. The van der Waals surface area contributed by atoms with E-state index < -0.39 is 10.5 Å². The van der Waals surface area contributed by atoms with Gasteiger partial charge in [-0.15, -0.1) is 0 Å². The highest BCUT2D eigenvalue weighted by Crippen LogP contribution is 2.29. The lowest BCUT2D eigenvalue weighted by molar-refractivity contribution is -0.384. The van der Waals surface area contributed by atoms with E-state index in [0.717, 1.165) is 4.57 Å². The standard InChI is InChI=1S/C22H16N4O4/c1-14-7-6-12-20(24-14)25-21(27)16-9-3-2-8-15(16)17(22(25)28)13-23-18-10-4-5-11-19(18)26(29)30/h2-13,28H,1H3. The van der Waals surface area contributed by atoms with Crippen molar-refractivity contribution >= 4 is 28.4 Å². The van der Waals surface area contributed by atoms with Crippen molar-refractivity contribution < 1.29 is 10.0 Å². The number of aryl methyl sites for hydroxylation is 1. The van der Waals surface area contributed by atoms with Gasteiger partial charge in [0.1, 0.15) is 11.5 Å². The fourth-order valence-electron chi connectivity index (χ4n) is 3.22. The van der Waals surface area contributed by atoms with Crippen LogP contribution in [0.3, 0.4) is 0 Å². The maximum Gasteiger partial charge on any atom is 0.294 e. The van der Waals surface area contributed by atoms with E-state index in [4.69, 9.17) is 0 Å². The number of rotatable bonds is 4. The molecule has 30 heavy (non-hydrogen) atoms. The van der Waals surface area contributed by atoms with Gasteiger partial charge < -0.3 is 5.11 Å². The van der Waals surface area contributed by atoms with Gasteiger partial charge in [-0.05, 0) is 31.2 Å². The lowest BCUT2D eigenvalue weighted by Crippen LogP contribution is -2.21. The first-order valence-corrected chi connectivity index (χ1v) is 9.05. The Morgan fingerprint density at radius 3 is 2.47 bits per heavy atom. The number of hydrogen-bond acceptors (Lipinski definition) is 6. The van der Waals surface area contributed by atoms with Gasteiger partial charge in [-0.3, -0.25) is 14.9 Å². The summed E-state index contributed by atoms with van der Waals surface area (Å²) in [5, 5.41) is 23.1. The summed E-state index contributed by atoms with van der Waals surface area (Å²) in [4.78, 5) is 32.4. The first-order valence-electron chi connectivity index (χ1n) is 9.05. The van der Waals surface area contributed by atoms with Crippen LogP contribution in [0.1, 0.15) is 11.3 Å². The maximum absolute atomic E-state index is 13.1. The number of hydrogen-bond donors (Lipinski definition) is 1. The molecule has 0 aliphatic carbocycles. The van der Waals surface area contributed by atoms with Crippen molar-refractivity contribution in [1.82, 2.24) is 9.55 Å². The third-order valence-corrected chi connectivity index (χ3v) is 4.62. The third-order valence-electron chi connectivity index (χ3n) is 4.62. The Morgan fingerprint density at radius 2 is 1.73 bits per heavy atom. The molecule has 2 aromatic heterocycles. The zero-order chi connectivity index (χ0) is 21.3. The number of benzene rings is 2. The molecule has 0 radical (unpaired) electrons. The van der Waals surface area contributed by atoms with Crippen molar-refractivity contribution in [1.29, 1.82) is 0 Å². The third kappa shape index (κ3) is 3.30. The summed E-state index contributed by atoms with van der Waals surface area (Å²) in [6.45, 7) is 1.78. The van der Waals surface area contributed by atoms with Crippen molar-refractivity contribution in [3.8, 4) is 11.7 Å². The van der Waals surface area contributed by atoms with Gasteiger partial charge >= 0.3 is 0 Å². The highest BCUT2D eigenvalue weighted by molar-refractivity contribution is 6.02. The summed E-state index contributed by atoms with van der Waals surface area (Å²) in [6.07, 6.45) is 1.33. The SMILES string of the molecule is Cc1cccc(-n2c(O)c(C=Nc3ccccc3[N+](=O)[O-])c3ccccc3c2=O)n1. The number of fused-ring (bicyclic) bond motifs is 1. The molecular weight excluding hydrogens is 384 g/mol. The first kappa shape index (κ1) is 19.0. The molecule has 0 fully saturated rings. The molecule has 4 rings (SSSR count). The Hall–Kier alpha value is -4.33. The molecule has 148 valence electrons. The maximum atomic E-state index is 13.1. The average Bonchev–Trinajstić information content (AvgIpc) is 2.74. The fraction of sp³-hybridized carbons (Fsp3) is 0.0455. The van der Waals surface area contributed by atoms with E-state index in [2.05, 4.69) is 9.98 Å². The number of nitrogens with zero attached hydrogens (tertiary/aromatic N) is 4. The molecule has 0 amide bonds. The molecule has 8 heteroatoms. The molecule has 0 spiro atoms. The van der Waals surface area contributed by atoms with E-state index in [9.17, 15) is 20.0 Å². The van der Waals surface area contributed by atoms with Gasteiger partial charge in [0, 0.05) is 28.7 Å². The Kier molecular flexibility index (Phi) is 4.81. The van der Waals surface area contributed by atoms with Gasteiger partial charge in [0.2, 0.25) is 5.88 Å². The second-order valence-electron chi connectivity index (χ2n) is 6.56. The van der Waals surface area contributed by atoms with Crippen LogP contribution in [0.5, 0.6) is 5.88 Å². The molecular formula is C22H16N4O4. The van der Waals surface area contributed by atoms with E-state index in [1.165, 1.54) is 18.3 Å². The minimum atomic E-state index is -0.526. The van der Waals surface area contributed by atoms with Crippen LogP contribution in [0.4, 0.5) is 11.4 Å². The number of pyridine rings is 2. The van der Waals surface area contributed by atoms with E-state index in [-0.39, 0.29) is 28.6 Å². The summed E-state index contributed by atoms with van der Waals surface area (Å²) in [7, 11) is 0. The van der Waals surface area contributed by atoms with Crippen LogP contribution in [0.25, 0.3) is 16.6 Å². The van der Waals surface area contributed by atoms with Crippen LogP contribution in [-0.2, 0) is 0 Å². The predicted octanol–water partition coefficient (Wildman–Crippen LogP) is 4.06. The van der Waals surface area contributed by atoms with Crippen LogP contribution in [0.2, 0.25) is 0 Å². The molecule has 0 bridgehead atoms. The molecule has 0 aliphatic rings. The monoisotopic (exact) mass is 400 g/mol. The summed E-state index contributed by atoms with van der Waals surface area (Å²) in [5.41, 5.74) is 0.487. The van der Waals surface area contributed by atoms with Crippen molar-refractivity contribution in [3.05, 3.63) is 98.5 Å². The van der Waals surface area contributed by atoms with Crippen molar-refractivity contribution in [2.45, 2.75) is 6.92 Å². The summed E-state index contributed by atoms with van der Waals surface area (Å²) in [5.74, 6) is -0.0808. The van der Waals surface area contributed by atoms with Crippen LogP contribution in [0, 0.1) is 17.0 Å². The normalized spacial score (nSPS) is 11.2. The molecule has 2 heterocycles. The number of para-hydroxylation sites is 2. The smallest absolute Gasteiger partial charge is 0.294 e. The number of nitro groups is 1. The van der Waals surface area contributed by atoms with E-state index >= 15 is 0 Å². The number of aromatic nitrogens is 2. The van der Waals surface area contributed by atoms with Crippen LogP contribution in [-0.4, -0.2) is 25.8 Å². The van der Waals surface area contributed by atoms with Gasteiger partial charge in [-0.2, -0.15) is 0 Å². The molecule has 4 aromatic rings. The van der Waals surface area contributed by atoms with E-state index in [1.807, 2.05) is 0 Å². The Balaban J connectivity index is 1.99. The Bertz CT molecular complexity index is 1380. The van der Waals surface area contributed by atoms with Gasteiger partial charge in [-0.1, -0.05) is 36.4 Å². The second kappa shape index (κ2) is 7.59. The second-order valence-corrected chi connectivity index (χ2v) is 6.56. The summed E-state index contributed by atoms with van der Waals surface area (Å²) >= 11 is 0. The van der Waals surface area contributed by atoms with E-state index in [1.54, 1.807) is 61.5 Å². The van der Waals surface area contributed by atoms with E-state index in [0.29, 0.717) is 16.5 Å². The number of aromatic hydroxyl groups is 1. The summed E-state index contributed by atoms with van der Waals surface area (Å²) in [6, 6.07) is 18.0. The fourth-order valence-corrected chi connectivity index (χ4v) is 3.22. The Morgan fingerprint density at radius 1 is 1.03 bits per heavy atom. The minimum absolute atomic E-state index is 0.136. The largest absolute Gasteiger partial charge is 0.494 e. The van der Waals surface area contributed by atoms with Gasteiger partial charge in [-0.25, -0.2) is 14.5 Å². The zero-order valence-electron chi connectivity index (χ0n) is 15.9. The molecule has 2 aromatic carbocycles. The van der Waals surface area contributed by atoms with Crippen molar-refractivity contribution in [2.75, 3.05) is 0 Å². The van der Waals surface area contributed by atoms with Gasteiger partial charge in [0.25, 0.3) is 11.2 Å². The van der Waals surface area contributed by atoms with Crippen LogP contribution in [0.15, 0.2) is 76.5 Å². The van der Waals surface area contributed by atoms with Crippen LogP contribution < -0.4 is 5.56 Å². The van der Waals surface area contributed by atoms with Crippen molar-refractivity contribution in [3.63, 3.8) is 0 Å². The Labute approximate surface area is 170 Å². The quantitative estimate of drug-likeness (QED) is 0.315. The highest BCUT2D eigenvalue weighted by Gasteiger charge is 2.18. The number of nitro benzene ring substituents is 1. The average molecular weight is 400 g/mol. The number of aliphatic imine (C=N–C) groups is 1. The topological polar surface area (TPSA) is 111 Å². The lowest BCUT2D eigenvalue weighted by atomic mass is 10.1. The molecule has 0 aliphatic heterocycles. The molecule has 8 nitrogen and oxygen atoms in total.